The Balaban J connectivity index is 1.63. The van der Waals surface area contributed by atoms with E-state index in [2.05, 4.69) is 13.0 Å². The summed E-state index contributed by atoms with van der Waals surface area (Å²) in [5.74, 6) is 3.64. The quantitative estimate of drug-likeness (QED) is 0.643. The lowest BCUT2D eigenvalue weighted by molar-refractivity contribution is -0.0533. The van der Waals surface area contributed by atoms with Gasteiger partial charge >= 0.3 is 0 Å². The molecule has 1 N–H and O–H groups in total. The standard InChI is InChI=1S/C18H28O/c1-18-11-10-14-13-5-3-2-4-12(13)6-7-15(14)16(18)8-9-17(18)19/h4,13-17,19H,2-3,5-11H2,1H3/t13?,14-,15-,16+,17+,18+/m1/s1. The van der Waals surface area contributed by atoms with Crippen molar-refractivity contribution in [2.75, 3.05) is 0 Å². The molecule has 0 aliphatic heterocycles. The maximum Gasteiger partial charge on any atom is 0.0596 e. The minimum atomic E-state index is -0.0123. The number of hydrogen-bond acceptors (Lipinski definition) is 1. The minimum absolute atomic E-state index is 0.0123. The third kappa shape index (κ3) is 1.70. The molecule has 4 aliphatic rings. The van der Waals surface area contributed by atoms with E-state index >= 15 is 0 Å². The Bertz CT molecular complexity index is 398. The molecule has 0 radical (unpaired) electrons. The number of allylic oxidation sites excluding steroid dienone is 2. The van der Waals surface area contributed by atoms with Crippen LogP contribution in [-0.2, 0) is 0 Å². The third-order valence-electron chi connectivity index (χ3n) is 7.33. The Morgan fingerprint density at radius 2 is 2.00 bits per heavy atom. The molecular formula is C18H28O. The lowest BCUT2D eigenvalue weighted by Gasteiger charge is -2.53. The molecule has 4 aliphatic carbocycles. The fraction of sp³-hybridized carbons (Fsp3) is 0.889. The Hall–Kier alpha value is -0.300. The van der Waals surface area contributed by atoms with Crippen molar-refractivity contribution in [1.82, 2.24) is 0 Å². The lowest BCUT2D eigenvalue weighted by Crippen LogP contribution is -2.47. The van der Waals surface area contributed by atoms with Crippen molar-refractivity contribution in [2.24, 2.45) is 29.1 Å². The molecule has 4 rings (SSSR count). The highest BCUT2D eigenvalue weighted by atomic mass is 16.3. The van der Waals surface area contributed by atoms with Crippen molar-refractivity contribution in [3.8, 4) is 0 Å². The van der Waals surface area contributed by atoms with E-state index in [1.54, 1.807) is 0 Å². The topological polar surface area (TPSA) is 20.2 Å². The van der Waals surface area contributed by atoms with Crippen LogP contribution in [0.2, 0.25) is 0 Å². The van der Waals surface area contributed by atoms with Gasteiger partial charge in [-0.15, -0.1) is 0 Å². The predicted molar refractivity (Wildman–Crippen MR) is 77.7 cm³/mol. The first-order valence-electron chi connectivity index (χ1n) is 8.57. The van der Waals surface area contributed by atoms with Crippen molar-refractivity contribution in [1.29, 1.82) is 0 Å². The van der Waals surface area contributed by atoms with Crippen LogP contribution in [0.25, 0.3) is 0 Å². The molecule has 0 aromatic heterocycles. The number of rotatable bonds is 0. The summed E-state index contributed by atoms with van der Waals surface area (Å²) < 4.78 is 0. The summed E-state index contributed by atoms with van der Waals surface area (Å²) in [6, 6.07) is 0. The summed E-state index contributed by atoms with van der Waals surface area (Å²) in [5.41, 5.74) is 2.08. The zero-order chi connectivity index (χ0) is 13.0. The minimum Gasteiger partial charge on any atom is -0.393 e. The van der Waals surface area contributed by atoms with E-state index in [0.29, 0.717) is 0 Å². The van der Waals surface area contributed by atoms with Crippen LogP contribution in [0.1, 0.15) is 64.7 Å². The molecule has 3 saturated carbocycles. The van der Waals surface area contributed by atoms with E-state index in [1.165, 1.54) is 51.4 Å². The molecule has 106 valence electrons. The molecule has 1 heteroatoms. The van der Waals surface area contributed by atoms with Crippen molar-refractivity contribution >= 4 is 0 Å². The van der Waals surface area contributed by atoms with Gasteiger partial charge in [0, 0.05) is 0 Å². The van der Waals surface area contributed by atoms with Crippen LogP contribution in [0.3, 0.4) is 0 Å². The molecule has 0 amide bonds. The first kappa shape index (κ1) is 12.4. The second-order valence-corrected chi connectivity index (χ2v) is 7.93. The molecule has 0 aromatic rings. The van der Waals surface area contributed by atoms with Gasteiger partial charge in [-0.3, -0.25) is 0 Å². The van der Waals surface area contributed by atoms with Gasteiger partial charge in [0.25, 0.3) is 0 Å². The second kappa shape index (κ2) is 4.35. The number of hydrogen-bond donors (Lipinski definition) is 1. The molecule has 0 saturated heterocycles. The summed E-state index contributed by atoms with van der Waals surface area (Å²) in [4.78, 5) is 0. The smallest absolute Gasteiger partial charge is 0.0596 e. The van der Waals surface area contributed by atoms with Crippen LogP contribution in [0, 0.1) is 29.1 Å². The van der Waals surface area contributed by atoms with Gasteiger partial charge in [-0.05, 0) is 86.9 Å². The van der Waals surface area contributed by atoms with E-state index in [4.69, 9.17) is 0 Å². The van der Waals surface area contributed by atoms with Crippen molar-refractivity contribution in [3.05, 3.63) is 11.6 Å². The first-order valence-corrected chi connectivity index (χ1v) is 8.57. The normalized spacial score (nSPS) is 52.9. The third-order valence-corrected chi connectivity index (χ3v) is 7.33. The summed E-state index contributed by atoms with van der Waals surface area (Å²) >= 11 is 0. The molecule has 19 heavy (non-hydrogen) atoms. The van der Waals surface area contributed by atoms with Gasteiger partial charge in [-0.2, -0.15) is 0 Å². The average molecular weight is 260 g/mol. The maximum absolute atomic E-state index is 10.4. The van der Waals surface area contributed by atoms with Crippen LogP contribution in [0.4, 0.5) is 0 Å². The second-order valence-electron chi connectivity index (χ2n) is 7.93. The molecule has 6 atom stereocenters. The van der Waals surface area contributed by atoms with Gasteiger partial charge in [-0.1, -0.05) is 18.6 Å². The summed E-state index contributed by atoms with van der Waals surface area (Å²) in [7, 11) is 0. The SMILES string of the molecule is C[C@]12CC[C@@H]3C4CCCC=C4CC[C@H]3[C@@H]1CC[C@@H]2O. The summed E-state index contributed by atoms with van der Waals surface area (Å²) in [6.07, 6.45) is 14.6. The van der Waals surface area contributed by atoms with Crippen LogP contribution in [0.5, 0.6) is 0 Å². The van der Waals surface area contributed by atoms with Crippen LogP contribution in [-0.4, -0.2) is 11.2 Å². The molecule has 0 spiro atoms. The maximum atomic E-state index is 10.4. The Morgan fingerprint density at radius 3 is 2.89 bits per heavy atom. The Labute approximate surface area is 117 Å². The Morgan fingerprint density at radius 1 is 1.11 bits per heavy atom. The zero-order valence-corrected chi connectivity index (χ0v) is 12.3. The molecule has 3 fully saturated rings. The van der Waals surface area contributed by atoms with Gasteiger partial charge in [-0.25, -0.2) is 0 Å². The highest BCUT2D eigenvalue weighted by molar-refractivity contribution is 5.18. The molecular weight excluding hydrogens is 232 g/mol. The van der Waals surface area contributed by atoms with Gasteiger partial charge in [0.1, 0.15) is 0 Å². The fourth-order valence-electron chi connectivity index (χ4n) is 6.28. The van der Waals surface area contributed by atoms with Gasteiger partial charge < -0.3 is 5.11 Å². The summed E-state index contributed by atoms with van der Waals surface area (Å²) in [5, 5.41) is 10.4. The van der Waals surface area contributed by atoms with E-state index < -0.39 is 0 Å². The van der Waals surface area contributed by atoms with E-state index in [-0.39, 0.29) is 11.5 Å². The molecule has 0 aromatic carbocycles. The molecule has 1 nitrogen and oxygen atoms in total. The van der Waals surface area contributed by atoms with Crippen molar-refractivity contribution < 1.29 is 5.11 Å². The zero-order valence-electron chi connectivity index (χ0n) is 12.3. The van der Waals surface area contributed by atoms with Crippen LogP contribution < -0.4 is 0 Å². The predicted octanol–water partition coefficient (Wildman–Crippen LogP) is 4.31. The van der Waals surface area contributed by atoms with Crippen molar-refractivity contribution in [3.63, 3.8) is 0 Å². The molecule has 0 bridgehead atoms. The van der Waals surface area contributed by atoms with Crippen LogP contribution >= 0.6 is 0 Å². The molecule has 1 unspecified atom stereocenters. The van der Waals surface area contributed by atoms with E-state index in [1.807, 2.05) is 5.57 Å². The van der Waals surface area contributed by atoms with E-state index in [9.17, 15) is 5.11 Å². The van der Waals surface area contributed by atoms with Gasteiger partial charge in [0.05, 0.1) is 6.10 Å². The largest absolute Gasteiger partial charge is 0.393 e. The molecule has 0 heterocycles. The Kier molecular flexibility index (Phi) is 2.85. The first-order chi connectivity index (χ1) is 9.20. The highest BCUT2D eigenvalue weighted by Crippen LogP contribution is 2.61. The number of aliphatic hydroxyl groups is 1. The van der Waals surface area contributed by atoms with E-state index in [0.717, 1.165) is 30.1 Å². The number of fused-ring (bicyclic) bond motifs is 5. The van der Waals surface area contributed by atoms with Gasteiger partial charge in [0.15, 0.2) is 0 Å². The highest BCUT2D eigenvalue weighted by Gasteiger charge is 2.55. The van der Waals surface area contributed by atoms with Crippen LogP contribution in [0.15, 0.2) is 11.6 Å². The lowest BCUT2D eigenvalue weighted by atomic mass is 9.52. The number of aliphatic hydroxyl groups excluding tert-OH is 1. The average Bonchev–Trinajstić information content (AvgIpc) is 2.75. The fourth-order valence-corrected chi connectivity index (χ4v) is 6.28. The van der Waals surface area contributed by atoms with Crippen molar-refractivity contribution in [2.45, 2.75) is 70.8 Å². The van der Waals surface area contributed by atoms with Gasteiger partial charge in [0.2, 0.25) is 0 Å². The monoisotopic (exact) mass is 260 g/mol. The summed E-state index contributed by atoms with van der Waals surface area (Å²) in [6.45, 7) is 2.39.